The maximum absolute atomic E-state index is 11.4. The van der Waals surface area contributed by atoms with E-state index in [1.54, 1.807) is 43.6 Å². The third kappa shape index (κ3) is 4.48. The van der Waals surface area contributed by atoms with Crippen LogP contribution in [-0.2, 0) is 10.0 Å². The molecule has 3 rings (SSSR count). The maximum atomic E-state index is 11.4. The molecule has 8 heteroatoms. The molecule has 2 aromatic carbocycles. The van der Waals surface area contributed by atoms with Crippen LogP contribution in [0.2, 0.25) is 0 Å². The molecule has 0 spiro atoms. The van der Waals surface area contributed by atoms with E-state index >= 15 is 0 Å². The normalized spacial score (nSPS) is 11.0. The molecule has 0 saturated carbocycles. The Morgan fingerprint density at radius 1 is 1.00 bits per heavy atom. The first-order chi connectivity index (χ1) is 12.4. The van der Waals surface area contributed by atoms with Crippen molar-refractivity contribution in [3.8, 4) is 17.0 Å². The zero-order valence-electron chi connectivity index (χ0n) is 14.3. The number of anilines is 3. The van der Waals surface area contributed by atoms with Crippen molar-refractivity contribution in [1.82, 2.24) is 9.97 Å². The second kappa shape index (κ2) is 7.40. The fraction of sp³-hybridized carbons (Fsp3) is 0.111. The second-order valence-electron chi connectivity index (χ2n) is 5.55. The van der Waals surface area contributed by atoms with Crippen LogP contribution in [0.25, 0.3) is 11.3 Å². The Hall–Kier alpha value is -3.13. The van der Waals surface area contributed by atoms with E-state index in [-0.39, 0.29) is 0 Å². The minimum Gasteiger partial charge on any atom is -0.496 e. The number of benzene rings is 2. The highest BCUT2D eigenvalue weighted by Gasteiger charge is 2.08. The van der Waals surface area contributed by atoms with Crippen LogP contribution in [0.15, 0.2) is 60.8 Å². The quantitative estimate of drug-likeness (QED) is 0.692. The summed E-state index contributed by atoms with van der Waals surface area (Å²) in [6.07, 6.45) is 2.75. The number of sulfonamides is 1. The number of aromatic nitrogens is 2. The highest BCUT2D eigenvalue weighted by molar-refractivity contribution is 7.92. The van der Waals surface area contributed by atoms with Gasteiger partial charge in [0.1, 0.15) is 5.75 Å². The summed E-state index contributed by atoms with van der Waals surface area (Å²) in [6.45, 7) is 0. The van der Waals surface area contributed by atoms with Gasteiger partial charge in [0.05, 0.1) is 24.7 Å². The minimum atomic E-state index is -3.34. The molecule has 2 N–H and O–H groups in total. The molecular weight excluding hydrogens is 352 g/mol. The van der Waals surface area contributed by atoms with Crippen LogP contribution in [0.5, 0.6) is 5.75 Å². The summed E-state index contributed by atoms with van der Waals surface area (Å²) in [6, 6.07) is 16.2. The highest BCUT2D eigenvalue weighted by atomic mass is 32.2. The van der Waals surface area contributed by atoms with Gasteiger partial charge >= 0.3 is 0 Å². The minimum absolute atomic E-state index is 0.393. The van der Waals surface area contributed by atoms with E-state index in [4.69, 9.17) is 4.74 Å². The van der Waals surface area contributed by atoms with Crippen LogP contribution >= 0.6 is 0 Å². The monoisotopic (exact) mass is 370 g/mol. The number of rotatable bonds is 6. The smallest absolute Gasteiger partial charge is 0.229 e. The summed E-state index contributed by atoms with van der Waals surface area (Å²) < 4.78 is 30.5. The molecule has 1 heterocycles. The van der Waals surface area contributed by atoms with Crippen molar-refractivity contribution in [2.24, 2.45) is 0 Å². The third-order valence-electron chi connectivity index (χ3n) is 3.46. The molecule has 0 fully saturated rings. The van der Waals surface area contributed by atoms with Gasteiger partial charge < -0.3 is 10.1 Å². The van der Waals surface area contributed by atoms with Gasteiger partial charge in [0.25, 0.3) is 0 Å². The second-order valence-corrected chi connectivity index (χ2v) is 7.29. The lowest BCUT2D eigenvalue weighted by Gasteiger charge is -2.10. The number of methoxy groups -OCH3 is 1. The van der Waals surface area contributed by atoms with Crippen LogP contribution in [0.1, 0.15) is 0 Å². The first-order valence-electron chi connectivity index (χ1n) is 7.76. The Morgan fingerprint density at radius 3 is 2.54 bits per heavy atom. The van der Waals surface area contributed by atoms with Crippen molar-refractivity contribution >= 4 is 27.3 Å². The first kappa shape index (κ1) is 17.7. The SMILES string of the molecule is COc1ccccc1-c1ccnc(Nc2cccc(NS(C)(=O)=O)c2)n1. The van der Waals surface area contributed by atoms with Crippen molar-refractivity contribution in [1.29, 1.82) is 0 Å². The summed E-state index contributed by atoms with van der Waals surface area (Å²) >= 11 is 0. The number of hydrogen-bond acceptors (Lipinski definition) is 6. The number of nitrogens with zero attached hydrogens (tertiary/aromatic N) is 2. The largest absolute Gasteiger partial charge is 0.496 e. The average Bonchev–Trinajstić information content (AvgIpc) is 2.61. The molecule has 0 aliphatic carbocycles. The lowest BCUT2D eigenvalue weighted by molar-refractivity contribution is 0.416. The molecule has 134 valence electrons. The fourth-order valence-electron chi connectivity index (χ4n) is 2.43. The van der Waals surface area contributed by atoms with Gasteiger partial charge in [0.15, 0.2) is 0 Å². The fourth-order valence-corrected chi connectivity index (χ4v) is 2.98. The van der Waals surface area contributed by atoms with E-state index in [0.717, 1.165) is 17.6 Å². The van der Waals surface area contributed by atoms with E-state index in [1.807, 2.05) is 24.3 Å². The van der Waals surface area contributed by atoms with Gasteiger partial charge in [-0.2, -0.15) is 0 Å². The predicted molar refractivity (Wildman–Crippen MR) is 102 cm³/mol. The van der Waals surface area contributed by atoms with Gasteiger partial charge in [-0.25, -0.2) is 18.4 Å². The van der Waals surface area contributed by atoms with Gasteiger partial charge in [0.2, 0.25) is 16.0 Å². The lowest BCUT2D eigenvalue weighted by atomic mass is 10.1. The molecular formula is C18H18N4O3S. The van der Waals surface area contributed by atoms with E-state index in [9.17, 15) is 8.42 Å². The molecule has 1 aromatic heterocycles. The Kier molecular flexibility index (Phi) is 5.04. The average molecular weight is 370 g/mol. The standard InChI is InChI=1S/C18H18N4O3S/c1-25-17-9-4-3-8-15(17)16-10-11-19-18(21-16)20-13-6-5-7-14(12-13)22-26(2,23)24/h3-12,22H,1-2H3,(H,19,20,21). The molecule has 0 aliphatic heterocycles. The molecule has 0 aliphatic rings. The number of hydrogen-bond donors (Lipinski definition) is 2. The van der Waals surface area contributed by atoms with Crippen LogP contribution < -0.4 is 14.8 Å². The van der Waals surface area contributed by atoms with Crippen LogP contribution in [0.3, 0.4) is 0 Å². The van der Waals surface area contributed by atoms with Crippen LogP contribution in [0.4, 0.5) is 17.3 Å². The number of ether oxygens (including phenoxy) is 1. The van der Waals surface area contributed by atoms with Crippen LogP contribution in [0, 0.1) is 0 Å². The van der Waals surface area contributed by atoms with Crippen molar-refractivity contribution < 1.29 is 13.2 Å². The van der Waals surface area contributed by atoms with Crippen molar-refractivity contribution in [3.05, 3.63) is 60.8 Å². The zero-order chi connectivity index (χ0) is 18.6. The Balaban J connectivity index is 1.87. The molecule has 0 unspecified atom stereocenters. The molecule has 3 aromatic rings. The van der Waals surface area contributed by atoms with E-state index in [1.165, 1.54) is 0 Å². The van der Waals surface area contributed by atoms with E-state index in [0.29, 0.717) is 23.0 Å². The molecule has 26 heavy (non-hydrogen) atoms. The van der Waals surface area contributed by atoms with Crippen molar-refractivity contribution in [3.63, 3.8) is 0 Å². The van der Waals surface area contributed by atoms with Crippen LogP contribution in [-0.4, -0.2) is 31.8 Å². The summed E-state index contributed by atoms with van der Waals surface area (Å²) in [5.74, 6) is 1.11. The lowest BCUT2D eigenvalue weighted by Crippen LogP contribution is -2.09. The summed E-state index contributed by atoms with van der Waals surface area (Å²) in [5.41, 5.74) is 2.69. The molecule has 0 bridgehead atoms. The number of para-hydroxylation sites is 1. The summed E-state index contributed by atoms with van der Waals surface area (Å²) in [7, 11) is -1.73. The van der Waals surface area contributed by atoms with Gasteiger partial charge in [-0.05, 0) is 36.4 Å². The molecule has 7 nitrogen and oxygen atoms in total. The summed E-state index contributed by atoms with van der Waals surface area (Å²) in [5, 5.41) is 3.08. The Labute approximate surface area is 152 Å². The molecule has 0 saturated heterocycles. The predicted octanol–water partition coefficient (Wildman–Crippen LogP) is 3.27. The molecule has 0 amide bonds. The Morgan fingerprint density at radius 2 is 1.77 bits per heavy atom. The van der Waals surface area contributed by atoms with Crippen molar-refractivity contribution in [2.75, 3.05) is 23.4 Å². The molecule has 0 atom stereocenters. The third-order valence-corrected chi connectivity index (χ3v) is 4.07. The molecule has 0 radical (unpaired) electrons. The van der Waals surface area contributed by atoms with E-state index in [2.05, 4.69) is 20.0 Å². The number of nitrogens with one attached hydrogen (secondary N) is 2. The zero-order valence-corrected chi connectivity index (χ0v) is 15.1. The van der Waals surface area contributed by atoms with Gasteiger partial charge in [-0.3, -0.25) is 4.72 Å². The van der Waals surface area contributed by atoms with Gasteiger partial charge in [-0.1, -0.05) is 18.2 Å². The first-order valence-corrected chi connectivity index (χ1v) is 9.65. The summed E-state index contributed by atoms with van der Waals surface area (Å²) in [4.78, 5) is 8.73. The van der Waals surface area contributed by atoms with Gasteiger partial charge in [0, 0.05) is 17.4 Å². The topological polar surface area (TPSA) is 93.2 Å². The van der Waals surface area contributed by atoms with E-state index < -0.39 is 10.0 Å². The van der Waals surface area contributed by atoms with Crippen molar-refractivity contribution in [2.45, 2.75) is 0 Å². The Bertz CT molecular complexity index is 1020. The van der Waals surface area contributed by atoms with Gasteiger partial charge in [-0.15, -0.1) is 0 Å². The highest BCUT2D eigenvalue weighted by Crippen LogP contribution is 2.28. The maximum Gasteiger partial charge on any atom is 0.229 e.